The molecule has 3 N–H and O–H groups in total. The van der Waals surface area contributed by atoms with Crippen molar-refractivity contribution in [3.05, 3.63) is 71.5 Å². The SMILES string of the molecule is CC(C)C[C@H](NC(=O)OCc1ccccc1)C(=O)N[C@@H](Cc1ccccc1F)C(=O)O. The molecule has 2 rings (SSSR count). The van der Waals surface area contributed by atoms with Gasteiger partial charge in [0.2, 0.25) is 5.91 Å². The number of rotatable bonds is 10. The molecule has 8 heteroatoms. The Morgan fingerprint density at radius 2 is 1.61 bits per heavy atom. The van der Waals surface area contributed by atoms with Crippen LogP contribution in [0.25, 0.3) is 0 Å². The standard InChI is InChI=1S/C23H27FN2O5/c1-15(2)12-19(26-23(30)31-14-16-8-4-3-5-9-16)21(27)25-20(22(28)29)13-17-10-6-7-11-18(17)24/h3-11,15,19-20H,12-14H2,1-2H3,(H,25,27)(H,26,30)(H,28,29)/t19-,20-/m0/s1. The maximum absolute atomic E-state index is 13.9. The fourth-order valence-corrected chi connectivity index (χ4v) is 2.97. The fourth-order valence-electron chi connectivity index (χ4n) is 2.97. The number of benzene rings is 2. The molecule has 0 radical (unpaired) electrons. The van der Waals surface area contributed by atoms with E-state index in [1.165, 1.54) is 18.2 Å². The van der Waals surface area contributed by atoms with E-state index in [9.17, 15) is 23.9 Å². The molecule has 166 valence electrons. The third kappa shape index (κ3) is 8.08. The van der Waals surface area contributed by atoms with E-state index in [1.807, 2.05) is 32.0 Å². The lowest BCUT2D eigenvalue weighted by atomic mass is 10.0. The van der Waals surface area contributed by atoms with Gasteiger partial charge in [-0.3, -0.25) is 4.79 Å². The number of carboxylic acids is 1. The Balaban J connectivity index is 2.01. The summed E-state index contributed by atoms with van der Waals surface area (Å²) in [6, 6.07) is 12.5. The van der Waals surface area contributed by atoms with Crippen LogP contribution in [0.15, 0.2) is 54.6 Å². The molecule has 31 heavy (non-hydrogen) atoms. The van der Waals surface area contributed by atoms with Crippen molar-refractivity contribution in [2.75, 3.05) is 0 Å². The number of ether oxygens (including phenoxy) is 1. The average molecular weight is 430 g/mol. The molecule has 0 saturated heterocycles. The first-order chi connectivity index (χ1) is 14.8. The van der Waals surface area contributed by atoms with E-state index in [2.05, 4.69) is 10.6 Å². The highest BCUT2D eigenvalue weighted by Gasteiger charge is 2.28. The van der Waals surface area contributed by atoms with E-state index in [-0.39, 0.29) is 30.9 Å². The number of hydrogen-bond acceptors (Lipinski definition) is 4. The molecule has 2 atom stereocenters. The van der Waals surface area contributed by atoms with E-state index >= 15 is 0 Å². The zero-order chi connectivity index (χ0) is 22.8. The van der Waals surface area contributed by atoms with Gasteiger partial charge >= 0.3 is 12.1 Å². The number of carbonyl (C=O) groups is 3. The first-order valence-electron chi connectivity index (χ1n) is 10.00. The summed E-state index contributed by atoms with van der Waals surface area (Å²) in [6.07, 6.45) is -0.732. The molecule has 0 heterocycles. The number of carbonyl (C=O) groups excluding carboxylic acids is 2. The first kappa shape index (κ1) is 23.9. The number of amides is 2. The molecule has 2 amide bonds. The predicted molar refractivity (Wildman–Crippen MR) is 113 cm³/mol. The van der Waals surface area contributed by atoms with E-state index in [4.69, 9.17) is 4.74 Å². The van der Waals surface area contributed by atoms with Gasteiger partial charge < -0.3 is 20.5 Å². The van der Waals surface area contributed by atoms with Gasteiger partial charge in [-0.15, -0.1) is 0 Å². The van der Waals surface area contributed by atoms with Crippen LogP contribution in [-0.4, -0.2) is 35.2 Å². The molecule has 7 nitrogen and oxygen atoms in total. The van der Waals surface area contributed by atoms with Gasteiger partial charge in [0.1, 0.15) is 24.5 Å². The van der Waals surface area contributed by atoms with Gasteiger partial charge in [-0.1, -0.05) is 62.4 Å². The number of hydrogen-bond donors (Lipinski definition) is 3. The monoisotopic (exact) mass is 430 g/mol. The molecule has 0 bridgehead atoms. The molecule has 0 aliphatic rings. The topological polar surface area (TPSA) is 105 Å². The molecule has 2 aromatic carbocycles. The van der Waals surface area contributed by atoms with Crippen molar-refractivity contribution in [3.63, 3.8) is 0 Å². The Labute approximate surface area is 180 Å². The van der Waals surface area contributed by atoms with Crippen LogP contribution in [0.3, 0.4) is 0 Å². The van der Waals surface area contributed by atoms with Crippen molar-refractivity contribution < 1.29 is 28.6 Å². The zero-order valence-corrected chi connectivity index (χ0v) is 17.5. The highest BCUT2D eigenvalue weighted by atomic mass is 19.1. The second-order valence-corrected chi connectivity index (χ2v) is 7.58. The number of halogens is 1. The smallest absolute Gasteiger partial charge is 0.408 e. The normalized spacial score (nSPS) is 12.6. The van der Waals surface area contributed by atoms with E-state index in [1.54, 1.807) is 18.2 Å². The predicted octanol–water partition coefficient (Wildman–Crippen LogP) is 3.28. The highest BCUT2D eigenvalue weighted by molar-refractivity contribution is 5.89. The number of nitrogens with one attached hydrogen (secondary N) is 2. The molecule has 0 spiro atoms. The maximum Gasteiger partial charge on any atom is 0.408 e. The summed E-state index contributed by atoms with van der Waals surface area (Å²) in [5.74, 6) is -2.48. The molecule has 0 fully saturated rings. The molecule has 2 aromatic rings. The first-order valence-corrected chi connectivity index (χ1v) is 10.00. The van der Waals surface area contributed by atoms with Crippen LogP contribution in [0.2, 0.25) is 0 Å². The molecular weight excluding hydrogens is 403 g/mol. The molecule has 0 saturated carbocycles. The third-order valence-electron chi connectivity index (χ3n) is 4.52. The highest BCUT2D eigenvalue weighted by Crippen LogP contribution is 2.11. The van der Waals surface area contributed by atoms with Crippen LogP contribution in [0, 0.1) is 11.7 Å². The van der Waals surface area contributed by atoms with E-state index in [0.29, 0.717) is 0 Å². The van der Waals surface area contributed by atoms with Crippen LogP contribution >= 0.6 is 0 Å². The summed E-state index contributed by atoms with van der Waals surface area (Å²) in [5, 5.41) is 14.4. The van der Waals surface area contributed by atoms with Gasteiger partial charge in [0.25, 0.3) is 0 Å². The maximum atomic E-state index is 13.9. The van der Waals surface area contributed by atoms with Crippen LogP contribution in [0.1, 0.15) is 31.4 Å². The largest absolute Gasteiger partial charge is 0.480 e. The molecule has 0 aromatic heterocycles. The minimum absolute atomic E-state index is 0.0354. The minimum Gasteiger partial charge on any atom is -0.480 e. The summed E-state index contributed by atoms with van der Waals surface area (Å²) < 4.78 is 19.1. The lowest BCUT2D eigenvalue weighted by Gasteiger charge is -2.22. The van der Waals surface area contributed by atoms with Crippen LogP contribution in [0.5, 0.6) is 0 Å². The van der Waals surface area contributed by atoms with Gasteiger partial charge in [0, 0.05) is 6.42 Å². The summed E-state index contributed by atoms with van der Waals surface area (Å²) in [5.41, 5.74) is 0.962. The summed E-state index contributed by atoms with van der Waals surface area (Å²) in [6.45, 7) is 3.77. The lowest BCUT2D eigenvalue weighted by molar-refractivity contribution is -0.142. The summed E-state index contributed by atoms with van der Waals surface area (Å²) >= 11 is 0. The Bertz CT molecular complexity index is 889. The Hall–Kier alpha value is -3.42. The van der Waals surface area contributed by atoms with Crippen molar-refractivity contribution >= 4 is 18.0 Å². The van der Waals surface area contributed by atoms with Gasteiger partial charge in [0.15, 0.2) is 0 Å². The second kappa shape index (κ2) is 11.7. The summed E-state index contributed by atoms with van der Waals surface area (Å²) in [7, 11) is 0. The molecular formula is C23H27FN2O5. The second-order valence-electron chi connectivity index (χ2n) is 7.58. The zero-order valence-electron chi connectivity index (χ0n) is 17.5. The fraction of sp³-hybridized carbons (Fsp3) is 0.348. The Morgan fingerprint density at radius 1 is 0.968 bits per heavy atom. The molecule has 0 unspecified atom stereocenters. The minimum atomic E-state index is -1.35. The van der Waals surface area contributed by atoms with Gasteiger partial charge in [0.05, 0.1) is 0 Å². The van der Waals surface area contributed by atoms with Crippen LogP contribution < -0.4 is 10.6 Å². The number of alkyl carbamates (subject to hydrolysis) is 1. The lowest BCUT2D eigenvalue weighted by Crippen LogP contribution is -2.52. The van der Waals surface area contributed by atoms with Crippen molar-refractivity contribution in [3.8, 4) is 0 Å². The van der Waals surface area contributed by atoms with Gasteiger partial charge in [-0.25, -0.2) is 14.0 Å². The Morgan fingerprint density at radius 3 is 2.23 bits per heavy atom. The van der Waals surface area contributed by atoms with Crippen molar-refractivity contribution in [2.24, 2.45) is 5.92 Å². The van der Waals surface area contributed by atoms with Gasteiger partial charge in [-0.2, -0.15) is 0 Å². The number of carboxylic acid groups (broad SMARTS) is 1. The van der Waals surface area contributed by atoms with Crippen molar-refractivity contribution in [1.82, 2.24) is 10.6 Å². The van der Waals surface area contributed by atoms with Crippen molar-refractivity contribution in [1.29, 1.82) is 0 Å². The van der Waals surface area contributed by atoms with E-state index < -0.39 is 35.9 Å². The van der Waals surface area contributed by atoms with E-state index in [0.717, 1.165) is 5.56 Å². The van der Waals surface area contributed by atoms with Crippen LogP contribution in [0.4, 0.5) is 9.18 Å². The Kier molecular flexibility index (Phi) is 8.99. The average Bonchev–Trinajstić information content (AvgIpc) is 2.73. The van der Waals surface area contributed by atoms with Crippen molar-refractivity contribution in [2.45, 2.75) is 45.4 Å². The van der Waals surface area contributed by atoms with Gasteiger partial charge in [-0.05, 0) is 29.5 Å². The third-order valence-corrected chi connectivity index (χ3v) is 4.52. The quantitative estimate of drug-likeness (QED) is 0.537. The summed E-state index contributed by atoms with van der Waals surface area (Å²) in [4.78, 5) is 36.6. The number of aliphatic carboxylic acids is 1. The molecule has 0 aliphatic heterocycles. The molecule has 0 aliphatic carbocycles. The van der Waals surface area contributed by atoms with Crippen LogP contribution in [-0.2, 0) is 27.4 Å².